The molecule has 1 aliphatic rings. The summed E-state index contributed by atoms with van der Waals surface area (Å²) >= 11 is 5.18. The van der Waals surface area contributed by atoms with E-state index in [9.17, 15) is 0 Å². The van der Waals surface area contributed by atoms with Crippen LogP contribution in [0, 0.1) is 0 Å². The quantitative estimate of drug-likeness (QED) is 0.501. The lowest BCUT2D eigenvalue weighted by molar-refractivity contribution is 0.719. The highest BCUT2D eigenvalue weighted by Crippen LogP contribution is 2.20. The minimum atomic E-state index is 0.304. The topological polar surface area (TPSA) is 39.7 Å². The summed E-state index contributed by atoms with van der Waals surface area (Å²) in [6.07, 6.45) is 5.31. The molecule has 1 heterocycles. The van der Waals surface area contributed by atoms with Crippen LogP contribution in [0.1, 0.15) is 52.0 Å². The minimum Gasteiger partial charge on any atom is -0.372 e. The Morgan fingerprint density at radius 1 is 1.09 bits per heavy atom. The van der Waals surface area contributed by atoms with Crippen LogP contribution in [0.4, 0.5) is 5.69 Å². The maximum absolute atomic E-state index is 5.18. The van der Waals surface area contributed by atoms with E-state index in [1.54, 1.807) is 0 Å². The van der Waals surface area contributed by atoms with Gasteiger partial charge in [0.05, 0.1) is 5.71 Å². The minimum absolute atomic E-state index is 0.304. The van der Waals surface area contributed by atoms with Crippen LogP contribution in [-0.4, -0.2) is 30.0 Å². The molecule has 1 saturated heterocycles. The summed E-state index contributed by atoms with van der Waals surface area (Å²) in [4.78, 5) is 2.49. The van der Waals surface area contributed by atoms with Crippen LogP contribution in [0.25, 0.3) is 0 Å². The van der Waals surface area contributed by atoms with Gasteiger partial charge >= 0.3 is 0 Å². The molecule has 0 radical (unpaired) electrons. The molecule has 0 unspecified atom stereocenters. The Morgan fingerprint density at radius 3 is 2.26 bits per heavy atom. The molecular weight excluding hydrogens is 304 g/mol. The van der Waals surface area contributed by atoms with Crippen molar-refractivity contribution in [3.63, 3.8) is 0 Å². The Kier molecular flexibility index (Phi) is 6.84. The van der Waals surface area contributed by atoms with Crippen molar-refractivity contribution in [3.8, 4) is 0 Å². The summed E-state index contributed by atoms with van der Waals surface area (Å²) < 4.78 is 0. The van der Waals surface area contributed by atoms with E-state index in [2.05, 4.69) is 45.0 Å². The van der Waals surface area contributed by atoms with Crippen molar-refractivity contribution in [2.24, 2.45) is 5.10 Å². The van der Waals surface area contributed by atoms with E-state index in [1.807, 2.05) is 20.8 Å². The van der Waals surface area contributed by atoms with Gasteiger partial charge in [0.1, 0.15) is 0 Å². The molecule has 0 aliphatic carbocycles. The summed E-state index contributed by atoms with van der Waals surface area (Å²) in [7, 11) is 0. The third kappa shape index (κ3) is 5.82. The number of hydrogen-bond donors (Lipinski definition) is 2. The van der Waals surface area contributed by atoms with Gasteiger partial charge in [0, 0.05) is 24.8 Å². The highest BCUT2D eigenvalue weighted by Gasteiger charge is 2.10. The Balaban J connectivity index is 1.96. The maximum atomic E-state index is 5.18. The third-order valence-electron chi connectivity index (χ3n) is 4.00. The predicted octanol–water partition coefficient (Wildman–Crippen LogP) is 3.66. The van der Waals surface area contributed by atoms with Crippen LogP contribution in [0.5, 0.6) is 0 Å². The monoisotopic (exact) mass is 332 g/mol. The van der Waals surface area contributed by atoms with Crippen molar-refractivity contribution < 1.29 is 0 Å². The van der Waals surface area contributed by atoms with Crippen LogP contribution in [0.3, 0.4) is 0 Å². The van der Waals surface area contributed by atoms with E-state index in [1.165, 1.54) is 44.5 Å². The number of nitrogens with one attached hydrogen (secondary N) is 2. The van der Waals surface area contributed by atoms with Gasteiger partial charge in [-0.2, -0.15) is 5.10 Å². The zero-order chi connectivity index (χ0) is 16.7. The van der Waals surface area contributed by atoms with Gasteiger partial charge in [-0.3, -0.25) is 5.43 Å². The third-order valence-corrected chi connectivity index (χ3v) is 4.21. The van der Waals surface area contributed by atoms with Crippen LogP contribution in [0.15, 0.2) is 29.4 Å². The molecule has 0 spiro atoms. The molecule has 0 aromatic heterocycles. The largest absolute Gasteiger partial charge is 0.372 e. The number of nitrogens with zero attached hydrogens (tertiary/aromatic N) is 2. The van der Waals surface area contributed by atoms with Gasteiger partial charge in [-0.25, -0.2) is 0 Å². The van der Waals surface area contributed by atoms with Crippen LogP contribution < -0.4 is 15.6 Å². The van der Waals surface area contributed by atoms with Crippen molar-refractivity contribution in [3.05, 3.63) is 29.8 Å². The molecule has 0 bridgehead atoms. The first kappa shape index (κ1) is 17.7. The lowest BCUT2D eigenvalue weighted by Gasteiger charge is -2.22. The van der Waals surface area contributed by atoms with Crippen molar-refractivity contribution >= 4 is 28.7 Å². The molecule has 2 N–H and O–H groups in total. The zero-order valence-electron chi connectivity index (χ0n) is 14.4. The van der Waals surface area contributed by atoms with Crippen molar-refractivity contribution in [2.75, 3.05) is 18.0 Å². The fourth-order valence-corrected chi connectivity index (χ4v) is 3.02. The summed E-state index contributed by atoms with van der Waals surface area (Å²) in [6, 6.07) is 8.98. The molecule has 0 saturated carbocycles. The highest BCUT2D eigenvalue weighted by molar-refractivity contribution is 7.80. The lowest BCUT2D eigenvalue weighted by atomic mass is 10.1. The molecule has 1 fully saturated rings. The van der Waals surface area contributed by atoms with Crippen molar-refractivity contribution in [2.45, 2.75) is 52.5 Å². The molecule has 126 valence electrons. The second-order valence-electron chi connectivity index (χ2n) is 6.39. The normalized spacial score (nSPS) is 16.2. The van der Waals surface area contributed by atoms with E-state index in [0.29, 0.717) is 11.2 Å². The summed E-state index contributed by atoms with van der Waals surface area (Å²) in [5, 5.41) is 8.02. The Hall–Kier alpha value is -1.62. The smallest absolute Gasteiger partial charge is 0.187 e. The van der Waals surface area contributed by atoms with Gasteiger partial charge in [0.2, 0.25) is 0 Å². The number of hydrazone groups is 1. The van der Waals surface area contributed by atoms with E-state index >= 15 is 0 Å². The SMILES string of the molecule is C/C(=N\NC(=S)NC(C)C)c1ccc(N2CCCCCC2)cc1. The maximum Gasteiger partial charge on any atom is 0.187 e. The molecule has 23 heavy (non-hydrogen) atoms. The van der Waals surface area contributed by atoms with Crippen LogP contribution in [-0.2, 0) is 0 Å². The fourth-order valence-electron chi connectivity index (χ4n) is 2.74. The summed E-state index contributed by atoms with van der Waals surface area (Å²) in [6.45, 7) is 8.43. The van der Waals surface area contributed by atoms with E-state index < -0.39 is 0 Å². The lowest BCUT2D eigenvalue weighted by Crippen LogP contribution is -2.37. The Bertz CT molecular complexity index is 528. The van der Waals surface area contributed by atoms with Gasteiger partial charge in [0.15, 0.2) is 5.11 Å². The first-order valence-electron chi connectivity index (χ1n) is 8.52. The summed E-state index contributed by atoms with van der Waals surface area (Å²) in [5.41, 5.74) is 6.25. The average molecular weight is 333 g/mol. The number of anilines is 1. The number of benzene rings is 1. The molecule has 1 aromatic carbocycles. The Morgan fingerprint density at radius 2 is 1.70 bits per heavy atom. The predicted molar refractivity (Wildman–Crippen MR) is 103 cm³/mol. The molecule has 4 nitrogen and oxygen atoms in total. The first-order chi connectivity index (χ1) is 11.1. The van der Waals surface area contributed by atoms with E-state index in [4.69, 9.17) is 12.2 Å². The van der Waals surface area contributed by atoms with Crippen LogP contribution in [0.2, 0.25) is 0 Å². The van der Waals surface area contributed by atoms with Crippen molar-refractivity contribution in [1.82, 2.24) is 10.7 Å². The van der Waals surface area contributed by atoms with Crippen molar-refractivity contribution in [1.29, 1.82) is 0 Å². The number of hydrogen-bond acceptors (Lipinski definition) is 3. The fraction of sp³-hybridized carbons (Fsp3) is 0.556. The van der Waals surface area contributed by atoms with Crippen LogP contribution >= 0.6 is 12.2 Å². The Labute approximate surface area is 145 Å². The van der Waals surface area contributed by atoms with E-state index in [0.717, 1.165) is 11.3 Å². The second-order valence-corrected chi connectivity index (χ2v) is 6.79. The molecule has 5 heteroatoms. The molecule has 1 aliphatic heterocycles. The van der Waals surface area contributed by atoms with Gasteiger partial charge in [-0.05, 0) is 63.5 Å². The molecule has 1 aromatic rings. The van der Waals surface area contributed by atoms with Gasteiger partial charge in [0.25, 0.3) is 0 Å². The van der Waals surface area contributed by atoms with Gasteiger partial charge in [-0.15, -0.1) is 0 Å². The first-order valence-corrected chi connectivity index (χ1v) is 8.93. The highest BCUT2D eigenvalue weighted by atomic mass is 32.1. The molecule has 0 atom stereocenters. The second kappa shape index (κ2) is 8.87. The zero-order valence-corrected chi connectivity index (χ0v) is 15.2. The van der Waals surface area contributed by atoms with Gasteiger partial charge < -0.3 is 10.2 Å². The summed E-state index contributed by atoms with van der Waals surface area (Å²) in [5.74, 6) is 0. The molecule has 0 amide bonds. The van der Waals surface area contributed by atoms with E-state index in [-0.39, 0.29) is 0 Å². The standard InChI is InChI=1S/C18H28N4S/c1-14(2)19-18(23)21-20-15(3)16-8-10-17(11-9-16)22-12-6-4-5-7-13-22/h8-11,14H,4-7,12-13H2,1-3H3,(H2,19,21,23)/b20-15+. The number of rotatable bonds is 4. The molecule has 2 rings (SSSR count). The molecular formula is C18H28N4S. The number of thiocarbonyl (C=S) groups is 1. The average Bonchev–Trinajstić information content (AvgIpc) is 2.81. The van der Waals surface area contributed by atoms with Gasteiger partial charge in [-0.1, -0.05) is 25.0 Å².